The molecule has 0 aromatic carbocycles. The number of unbranched alkanes of at least 4 members (excludes halogenated alkanes) is 1. The first kappa shape index (κ1) is 15.6. The largest absolute Gasteiger partial charge is 0.214 e. The Bertz CT molecular complexity index is 435. The molecule has 1 saturated carbocycles. The molecule has 2 rings (SSSR count). The predicted octanol–water partition coefficient (Wildman–Crippen LogP) is 3.24. The molecule has 2 fully saturated rings. The molecule has 3 nitrogen and oxygen atoms in total. The zero-order valence-electron chi connectivity index (χ0n) is 12.3. The van der Waals surface area contributed by atoms with Crippen LogP contribution in [0.3, 0.4) is 0 Å². The van der Waals surface area contributed by atoms with Crippen LogP contribution in [0.5, 0.6) is 0 Å². The summed E-state index contributed by atoms with van der Waals surface area (Å²) in [6, 6.07) is 0.217. The fourth-order valence-electron chi connectivity index (χ4n) is 4.23. The average Bonchev–Trinajstić information content (AvgIpc) is 2.48. The van der Waals surface area contributed by atoms with Crippen molar-refractivity contribution in [3.63, 3.8) is 0 Å². The molecule has 0 N–H and O–H groups in total. The van der Waals surface area contributed by atoms with Crippen molar-refractivity contribution < 1.29 is 8.42 Å². The van der Waals surface area contributed by atoms with Crippen molar-refractivity contribution in [1.29, 1.82) is 0 Å². The summed E-state index contributed by atoms with van der Waals surface area (Å²) in [4.78, 5) is 0. The summed E-state index contributed by atoms with van der Waals surface area (Å²) in [5, 5.41) is 0. The van der Waals surface area contributed by atoms with E-state index in [0.717, 1.165) is 25.7 Å². The fraction of sp³-hybridized carbons (Fsp3) is 1.00. The topological polar surface area (TPSA) is 37.4 Å². The molecule has 2 bridgehead atoms. The Morgan fingerprint density at radius 2 is 1.89 bits per heavy atom. The maximum atomic E-state index is 12.5. The van der Waals surface area contributed by atoms with Gasteiger partial charge < -0.3 is 0 Å². The van der Waals surface area contributed by atoms with Gasteiger partial charge >= 0.3 is 0 Å². The van der Waals surface area contributed by atoms with E-state index >= 15 is 0 Å². The Morgan fingerprint density at radius 3 is 2.53 bits per heavy atom. The zero-order valence-corrected chi connectivity index (χ0v) is 13.9. The quantitative estimate of drug-likeness (QED) is 0.577. The molecule has 1 aliphatic carbocycles. The van der Waals surface area contributed by atoms with Gasteiger partial charge in [0.25, 0.3) is 0 Å². The highest BCUT2D eigenvalue weighted by Gasteiger charge is 2.52. The molecule has 0 spiro atoms. The van der Waals surface area contributed by atoms with Crippen LogP contribution < -0.4 is 0 Å². The highest BCUT2D eigenvalue weighted by Crippen LogP contribution is 2.53. The van der Waals surface area contributed by atoms with Crippen LogP contribution in [0.1, 0.15) is 52.9 Å². The van der Waals surface area contributed by atoms with Crippen molar-refractivity contribution in [1.82, 2.24) is 4.31 Å². The lowest BCUT2D eigenvalue weighted by molar-refractivity contribution is 0.133. The third-order valence-electron chi connectivity index (χ3n) is 4.51. The minimum Gasteiger partial charge on any atom is -0.212 e. The molecular weight excluding hydrogens is 282 g/mol. The maximum absolute atomic E-state index is 12.5. The van der Waals surface area contributed by atoms with Crippen LogP contribution in [0.15, 0.2) is 0 Å². The summed E-state index contributed by atoms with van der Waals surface area (Å²) in [5.74, 6) is 0.802. The number of halogens is 1. The minimum absolute atomic E-state index is 0.173. The molecule has 0 aromatic rings. The highest BCUT2D eigenvalue weighted by molar-refractivity contribution is 7.89. The van der Waals surface area contributed by atoms with Crippen LogP contribution >= 0.6 is 11.6 Å². The van der Waals surface area contributed by atoms with Crippen LogP contribution in [0.25, 0.3) is 0 Å². The molecule has 1 aliphatic heterocycles. The Labute approximate surface area is 122 Å². The lowest BCUT2D eigenvalue weighted by atomic mass is 9.65. The van der Waals surface area contributed by atoms with Crippen LogP contribution in [-0.4, -0.2) is 36.9 Å². The van der Waals surface area contributed by atoms with Gasteiger partial charge in [-0.05, 0) is 42.9 Å². The van der Waals surface area contributed by atoms with Gasteiger partial charge in [-0.2, -0.15) is 4.31 Å². The first-order chi connectivity index (χ1) is 8.68. The first-order valence-electron chi connectivity index (χ1n) is 7.23. The maximum Gasteiger partial charge on any atom is 0.214 e. The average molecular weight is 308 g/mol. The third-order valence-corrected chi connectivity index (χ3v) is 6.72. The van der Waals surface area contributed by atoms with Crippen LogP contribution in [0.4, 0.5) is 0 Å². The number of nitrogens with zero attached hydrogens (tertiary/aromatic N) is 1. The van der Waals surface area contributed by atoms with Crippen molar-refractivity contribution in [2.45, 2.75) is 58.9 Å². The van der Waals surface area contributed by atoms with Crippen molar-refractivity contribution in [3.05, 3.63) is 0 Å². The predicted molar refractivity (Wildman–Crippen MR) is 80.0 cm³/mol. The standard InChI is InChI=1S/C14H26ClNO2S/c1-13(2)8-12-9-14(3,10-13)11-16(12)19(17,18)7-5-4-6-15/h12H,4-11H2,1-3H3. The number of sulfonamides is 1. The monoisotopic (exact) mass is 307 g/mol. The fourth-order valence-corrected chi connectivity index (χ4v) is 6.33. The second-order valence-corrected chi connectivity index (χ2v) is 9.89. The van der Waals surface area contributed by atoms with E-state index in [4.69, 9.17) is 11.6 Å². The Morgan fingerprint density at radius 1 is 1.21 bits per heavy atom. The minimum atomic E-state index is -3.10. The van der Waals surface area contributed by atoms with Gasteiger partial charge in [0.2, 0.25) is 10.0 Å². The van der Waals surface area contributed by atoms with E-state index in [1.165, 1.54) is 0 Å². The SMILES string of the molecule is CC1(C)CC2CC(C)(CN2S(=O)(=O)CCCCCl)C1. The molecular formula is C14H26ClNO2S. The Hall–Kier alpha value is 0.200. The van der Waals surface area contributed by atoms with Crippen molar-refractivity contribution in [3.8, 4) is 0 Å². The van der Waals surface area contributed by atoms with Gasteiger partial charge in [-0.3, -0.25) is 0 Å². The highest BCUT2D eigenvalue weighted by atomic mass is 35.5. The number of rotatable bonds is 5. The van der Waals surface area contributed by atoms with E-state index in [-0.39, 0.29) is 22.6 Å². The van der Waals surface area contributed by atoms with E-state index in [2.05, 4.69) is 20.8 Å². The molecule has 1 heterocycles. The van der Waals surface area contributed by atoms with Gasteiger partial charge in [0.1, 0.15) is 0 Å². The Balaban J connectivity index is 2.10. The summed E-state index contributed by atoms with van der Waals surface area (Å²) in [5.41, 5.74) is 0.435. The second kappa shape index (κ2) is 5.19. The molecule has 0 radical (unpaired) electrons. The zero-order chi connectivity index (χ0) is 14.3. The first-order valence-corrected chi connectivity index (χ1v) is 9.37. The molecule has 1 saturated heterocycles. The molecule has 0 aromatic heterocycles. The molecule has 5 heteroatoms. The third kappa shape index (κ3) is 3.45. The molecule has 19 heavy (non-hydrogen) atoms. The van der Waals surface area contributed by atoms with E-state index in [0.29, 0.717) is 18.8 Å². The van der Waals surface area contributed by atoms with Gasteiger partial charge in [0.05, 0.1) is 5.75 Å². The summed E-state index contributed by atoms with van der Waals surface area (Å²) >= 11 is 5.63. The van der Waals surface area contributed by atoms with Gasteiger partial charge in [0.15, 0.2) is 0 Å². The Kier molecular flexibility index (Phi) is 4.26. The van der Waals surface area contributed by atoms with Gasteiger partial charge in [-0.1, -0.05) is 20.8 Å². The molecule has 2 aliphatic rings. The van der Waals surface area contributed by atoms with E-state index in [1.54, 1.807) is 4.31 Å². The summed E-state index contributed by atoms with van der Waals surface area (Å²) in [6.45, 7) is 7.49. The second-order valence-electron chi connectivity index (χ2n) is 7.47. The lowest BCUT2D eigenvalue weighted by Crippen LogP contribution is -2.38. The van der Waals surface area contributed by atoms with Crippen LogP contribution in [-0.2, 0) is 10.0 Å². The number of fused-ring (bicyclic) bond motifs is 2. The normalized spacial score (nSPS) is 34.6. The number of alkyl halides is 1. The molecule has 2 atom stereocenters. The smallest absolute Gasteiger partial charge is 0.212 e. The van der Waals surface area contributed by atoms with E-state index < -0.39 is 10.0 Å². The van der Waals surface area contributed by atoms with Gasteiger partial charge in [-0.15, -0.1) is 11.6 Å². The number of hydrogen-bond acceptors (Lipinski definition) is 2. The van der Waals surface area contributed by atoms with Crippen molar-refractivity contribution in [2.24, 2.45) is 10.8 Å². The van der Waals surface area contributed by atoms with Gasteiger partial charge in [0, 0.05) is 18.5 Å². The molecule has 2 unspecified atom stereocenters. The summed E-state index contributed by atoms with van der Waals surface area (Å²) in [7, 11) is -3.10. The molecule has 0 amide bonds. The lowest BCUT2D eigenvalue weighted by Gasteiger charge is -2.39. The molecule has 112 valence electrons. The van der Waals surface area contributed by atoms with E-state index in [1.807, 2.05) is 0 Å². The van der Waals surface area contributed by atoms with E-state index in [9.17, 15) is 8.42 Å². The van der Waals surface area contributed by atoms with Crippen LogP contribution in [0, 0.1) is 10.8 Å². The summed E-state index contributed by atoms with van der Waals surface area (Å²) in [6.07, 6.45) is 4.61. The number of hydrogen-bond donors (Lipinski definition) is 0. The van der Waals surface area contributed by atoms with Gasteiger partial charge in [-0.25, -0.2) is 8.42 Å². The van der Waals surface area contributed by atoms with Crippen molar-refractivity contribution in [2.75, 3.05) is 18.2 Å². The van der Waals surface area contributed by atoms with Crippen molar-refractivity contribution >= 4 is 21.6 Å². The van der Waals surface area contributed by atoms with Crippen LogP contribution in [0.2, 0.25) is 0 Å². The summed E-state index contributed by atoms with van der Waals surface area (Å²) < 4.78 is 26.8.